The highest BCUT2D eigenvalue weighted by Crippen LogP contribution is 2.20. The van der Waals surface area contributed by atoms with E-state index >= 15 is 0 Å². The molecular formula is C13H18N4O. The maximum absolute atomic E-state index is 12.0. The Morgan fingerprint density at radius 3 is 2.83 bits per heavy atom. The van der Waals surface area contributed by atoms with E-state index in [0.29, 0.717) is 0 Å². The summed E-state index contributed by atoms with van der Waals surface area (Å²) < 4.78 is 0. The fourth-order valence-electron chi connectivity index (χ4n) is 1.63. The van der Waals surface area contributed by atoms with Gasteiger partial charge in [-0.3, -0.25) is 9.89 Å². The molecule has 5 heteroatoms. The topological polar surface area (TPSA) is 83.8 Å². The Kier molecular flexibility index (Phi) is 3.09. The highest BCUT2D eigenvalue weighted by molar-refractivity contribution is 5.97. The van der Waals surface area contributed by atoms with E-state index in [4.69, 9.17) is 5.73 Å². The number of aromatic nitrogens is 2. The number of carbonyl (C=O) groups excluding carboxylic acids is 1. The van der Waals surface area contributed by atoms with Gasteiger partial charge in [0.15, 0.2) is 0 Å². The van der Waals surface area contributed by atoms with Crippen LogP contribution in [0.4, 0.5) is 5.69 Å². The zero-order valence-electron chi connectivity index (χ0n) is 10.8. The van der Waals surface area contributed by atoms with Crippen molar-refractivity contribution in [2.75, 3.05) is 5.32 Å². The van der Waals surface area contributed by atoms with Crippen molar-refractivity contribution in [1.82, 2.24) is 10.2 Å². The second-order valence-electron chi connectivity index (χ2n) is 5.50. The summed E-state index contributed by atoms with van der Waals surface area (Å²) in [4.78, 5) is 12.0. The standard InChI is InChI=1S/C13H18N4O/c1-13(2,3)11(14)12(18)16-9-4-5-10-8(6-9)7-15-17-10/h4-7,11H,14H2,1-3H3,(H,15,17)(H,16,18). The number of carbonyl (C=O) groups is 1. The van der Waals surface area contributed by atoms with Crippen LogP contribution in [0, 0.1) is 5.41 Å². The molecule has 1 heterocycles. The van der Waals surface area contributed by atoms with E-state index in [2.05, 4.69) is 15.5 Å². The van der Waals surface area contributed by atoms with Gasteiger partial charge in [0.2, 0.25) is 5.91 Å². The van der Waals surface area contributed by atoms with Gasteiger partial charge in [-0.2, -0.15) is 5.10 Å². The van der Waals surface area contributed by atoms with E-state index in [-0.39, 0.29) is 11.3 Å². The number of benzene rings is 1. The van der Waals surface area contributed by atoms with Gasteiger partial charge in [0.1, 0.15) is 0 Å². The first-order chi connectivity index (χ1) is 8.38. The van der Waals surface area contributed by atoms with Crippen LogP contribution in [-0.4, -0.2) is 22.1 Å². The molecule has 5 nitrogen and oxygen atoms in total. The number of anilines is 1. The molecule has 0 aliphatic carbocycles. The molecule has 0 saturated carbocycles. The van der Waals surface area contributed by atoms with Crippen molar-refractivity contribution in [3.8, 4) is 0 Å². The van der Waals surface area contributed by atoms with Crippen molar-refractivity contribution < 1.29 is 4.79 Å². The molecule has 4 N–H and O–H groups in total. The number of nitrogens with two attached hydrogens (primary N) is 1. The summed E-state index contributed by atoms with van der Waals surface area (Å²) in [6.07, 6.45) is 1.72. The van der Waals surface area contributed by atoms with Gasteiger partial charge in [0, 0.05) is 11.1 Å². The number of hydrogen-bond acceptors (Lipinski definition) is 3. The van der Waals surface area contributed by atoms with E-state index in [9.17, 15) is 4.79 Å². The van der Waals surface area contributed by atoms with Crippen molar-refractivity contribution in [3.05, 3.63) is 24.4 Å². The van der Waals surface area contributed by atoms with Gasteiger partial charge < -0.3 is 11.1 Å². The Hall–Kier alpha value is -1.88. The molecule has 0 aliphatic heterocycles. The van der Waals surface area contributed by atoms with Crippen LogP contribution in [0.25, 0.3) is 10.9 Å². The summed E-state index contributed by atoms with van der Waals surface area (Å²) in [6.45, 7) is 5.82. The lowest BCUT2D eigenvalue weighted by Crippen LogP contribution is -2.45. The summed E-state index contributed by atoms with van der Waals surface area (Å²) in [5.74, 6) is -0.176. The van der Waals surface area contributed by atoms with Gasteiger partial charge in [-0.25, -0.2) is 0 Å². The van der Waals surface area contributed by atoms with Crippen LogP contribution in [-0.2, 0) is 4.79 Å². The molecular weight excluding hydrogens is 228 g/mol. The second-order valence-corrected chi connectivity index (χ2v) is 5.50. The summed E-state index contributed by atoms with van der Waals surface area (Å²) in [7, 11) is 0. The van der Waals surface area contributed by atoms with Crippen molar-refractivity contribution in [2.24, 2.45) is 11.1 Å². The SMILES string of the molecule is CC(C)(C)C(N)C(=O)Nc1ccc2[nH]ncc2c1. The Balaban J connectivity index is 2.16. The van der Waals surface area contributed by atoms with Crippen molar-refractivity contribution in [3.63, 3.8) is 0 Å². The van der Waals surface area contributed by atoms with E-state index in [1.165, 1.54) is 0 Å². The number of fused-ring (bicyclic) bond motifs is 1. The number of nitrogens with zero attached hydrogens (tertiary/aromatic N) is 1. The fourth-order valence-corrected chi connectivity index (χ4v) is 1.63. The quantitative estimate of drug-likeness (QED) is 0.756. The summed E-state index contributed by atoms with van der Waals surface area (Å²) in [6, 6.07) is 5.03. The fraction of sp³-hybridized carbons (Fsp3) is 0.385. The van der Waals surface area contributed by atoms with E-state index in [1.807, 2.05) is 39.0 Å². The zero-order chi connectivity index (χ0) is 13.3. The van der Waals surface area contributed by atoms with Crippen LogP contribution in [0.3, 0.4) is 0 Å². The third-order valence-corrected chi connectivity index (χ3v) is 2.92. The maximum atomic E-state index is 12.0. The van der Waals surface area contributed by atoms with Gasteiger partial charge in [0.05, 0.1) is 17.8 Å². The Morgan fingerprint density at radius 1 is 1.44 bits per heavy atom. The number of H-pyrrole nitrogens is 1. The predicted molar refractivity (Wildman–Crippen MR) is 72.2 cm³/mol. The van der Waals surface area contributed by atoms with Gasteiger partial charge in [-0.05, 0) is 23.6 Å². The van der Waals surface area contributed by atoms with Crippen molar-refractivity contribution in [1.29, 1.82) is 0 Å². The molecule has 0 spiro atoms. The molecule has 1 amide bonds. The number of rotatable bonds is 2. The highest BCUT2D eigenvalue weighted by atomic mass is 16.2. The van der Waals surface area contributed by atoms with Gasteiger partial charge in [-0.15, -0.1) is 0 Å². The Labute approximate surface area is 106 Å². The molecule has 2 rings (SSSR count). The minimum Gasteiger partial charge on any atom is -0.325 e. The number of nitrogens with one attached hydrogen (secondary N) is 2. The third-order valence-electron chi connectivity index (χ3n) is 2.92. The van der Waals surface area contributed by atoms with Gasteiger partial charge >= 0.3 is 0 Å². The second kappa shape index (κ2) is 4.42. The average Bonchev–Trinajstić information content (AvgIpc) is 2.73. The minimum atomic E-state index is -0.544. The van der Waals surface area contributed by atoms with E-state index < -0.39 is 6.04 Å². The lowest BCUT2D eigenvalue weighted by Gasteiger charge is -2.25. The first-order valence-corrected chi connectivity index (χ1v) is 5.87. The third kappa shape index (κ3) is 2.51. The molecule has 2 aromatic rings. The van der Waals surface area contributed by atoms with Crippen LogP contribution in [0.5, 0.6) is 0 Å². The normalized spacial score (nSPS) is 13.6. The van der Waals surface area contributed by atoms with E-state index in [1.54, 1.807) is 6.20 Å². The molecule has 0 aliphatic rings. The lowest BCUT2D eigenvalue weighted by molar-refractivity contribution is -0.119. The number of hydrogen-bond donors (Lipinski definition) is 3. The molecule has 1 aromatic heterocycles. The molecule has 0 radical (unpaired) electrons. The van der Waals surface area contributed by atoms with Crippen LogP contribution in [0.1, 0.15) is 20.8 Å². The summed E-state index contributed by atoms with van der Waals surface area (Å²) in [5.41, 5.74) is 7.31. The summed E-state index contributed by atoms with van der Waals surface area (Å²) in [5, 5.41) is 10.6. The Morgan fingerprint density at radius 2 is 2.17 bits per heavy atom. The maximum Gasteiger partial charge on any atom is 0.241 e. The van der Waals surface area contributed by atoms with Crippen LogP contribution >= 0.6 is 0 Å². The molecule has 1 aromatic carbocycles. The van der Waals surface area contributed by atoms with Crippen LogP contribution in [0.15, 0.2) is 24.4 Å². The molecule has 1 atom stereocenters. The van der Waals surface area contributed by atoms with Crippen LogP contribution < -0.4 is 11.1 Å². The number of amides is 1. The zero-order valence-corrected chi connectivity index (χ0v) is 10.8. The van der Waals surface area contributed by atoms with Crippen LogP contribution in [0.2, 0.25) is 0 Å². The van der Waals surface area contributed by atoms with Crippen molar-refractivity contribution >= 4 is 22.5 Å². The molecule has 1 unspecified atom stereocenters. The van der Waals surface area contributed by atoms with Gasteiger partial charge in [0.25, 0.3) is 0 Å². The monoisotopic (exact) mass is 246 g/mol. The van der Waals surface area contributed by atoms with E-state index in [0.717, 1.165) is 16.6 Å². The predicted octanol–water partition coefficient (Wildman–Crippen LogP) is 1.87. The lowest BCUT2D eigenvalue weighted by atomic mass is 9.87. The smallest absolute Gasteiger partial charge is 0.241 e. The molecule has 0 saturated heterocycles. The average molecular weight is 246 g/mol. The molecule has 0 bridgehead atoms. The van der Waals surface area contributed by atoms with Gasteiger partial charge in [-0.1, -0.05) is 20.8 Å². The largest absolute Gasteiger partial charge is 0.325 e. The minimum absolute atomic E-state index is 0.176. The first-order valence-electron chi connectivity index (χ1n) is 5.87. The highest BCUT2D eigenvalue weighted by Gasteiger charge is 2.27. The number of aromatic amines is 1. The van der Waals surface area contributed by atoms with Crippen molar-refractivity contribution in [2.45, 2.75) is 26.8 Å². The Bertz CT molecular complexity index is 568. The molecule has 0 fully saturated rings. The molecule has 18 heavy (non-hydrogen) atoms. The summed E-state index contributed by atoms with van der Waals surface area (Å²) >= 11 is 0. The first kappa shape index (κ1) is 12.6. The molecule has 96 valence electrons.